The topological polar surface area (TPSA) is 141 Å². The molecule has 12 heteroatoms. The van der Waals surface area contributed by atoms with Crippen molar-refractivity contribution in [3.05, 3.63) is 40.5 Å². The standard InChI is InChI=1S/C21H25N5O6S/c1-25-16-7-6-15(11-17(16)31-21(25)28)33(29,30)26-10-2-3-14(12-26)19(27)22-9-8-18-23-20(32-24-18)13-4-5-13/h6-7,11,13-14H,2-5,8-10,12H2,1H3,(H,22,27). The van der Waals surface area contributed by atoms with Crippen LogP contribution in [0.2, 0.25) is 0 Å². The van der Waals surface area contributed by atoms with Crippen molar-refractivity contribution < 1.29 is 22.2 Å². The predicted molar refractivity (Wildman–Crippen MR) is 116 cm³/mol. The molecule has 3 aromatic rings. The van der Waals surface area contributed by atoms with Crippen molar-refractivity contribution in [2.45, 2.75) is 42.9 Å². The minimum atomic E-state index is -3.84. The second-order valence-electron chi connectivity index (χ2n) is 8.62. The molecule has 1 amide bonds. The average molecular weight is 476 g/mol. The third-order valence-electron chi connectivity index (χ3n) is 6.21. The molecule has 1 atom stereocenters. The van der Waals surface area contributed by atoms with Crippen molar-refractivity contribution in [2.75, 3.05) is 19.6 Å². The average Bonchev–Trinajstić information content (AvgIpc) is 3.49. The van der Waals surface area contributed by atoms with Gasteiger partial charge in [-0.15, -0.1) is 0 Å². The van der Waals surface area contributed by atoms with Gasteiger partial charge >= 0.3 is 5.76 Å². The van der Waals surface area contributed by atoms with Crippen molar-refractivity contribution in [1.82, 2.24) is 24.3 Å². The van der Waals surface area contributed by atoms with E-state index in [1.807, 2.05) is 0 Å². The molecular weight excluding hydrogens is 450 g/mol. The van der Waals surface area contributed by atoms with E-state index in [-0.39, 0.29) is 22.9 Å². The Morgan fingerprint density at radius 3 is 2.88 bits per heavy atom. The van der Waals surface area contributed by atoms with E-state index in [9.17, 15) is 18.0 Å². The fraction of sp³-hybridized carbons (Fsp3) is 0.524. The summed E-state index contributed by atoms with van der Waals surface area (Å²) in [6.45, 7) is 0.782. The Morgan fingerprint density at radius 2 is 2.09 bits per heavy atom. The summed E-state index contributed by atoms with van der Waals surface area (Å²) in [5.74, 6) is 0.420. The first-order valence-corrected chi connectivity index (χ1v) is 12.5. The number of hydrogen-bond donors (Lipinski definition) is 1. The molecule has 1 saturated heterocycles. The number of hydrogen-bond acceptors (Lipinski definition) is 8. The summed E-state index contributed by atoms with van der Waals surface area (Å²) in [4.78, 5) is 28.8. The number of nitrogens with one attached hydrogen (secondary N) is 1. The number of piperidine rings is 1. The molecular formula is C21H25N5O6S. The summed E-state index contributed by atoms with van der Waals surface area (Å²) < 4.78 is 39.4. The number of rotatable bonds is 7. The summed E-state index contributed by atoms with van der Waals surface area (Å²) in [6.07, 6.45) is 3.80. The van der Waals surface area contributed by atoms with E-state index in [1.165, 1.54) is 21.0 Å². The first kappa shape index (κ1) is 21.8. The number of benzene rings is 1. The van der Waals surface area contributed by atoms with E-state index in [4.69, 9.17) is 8.94 Å². The molecule has 33 heavy (non-hydrogen) atoms. The van der Waals surface area contributed by atoms with Crippen LogP contribution in [0.25, 0.3) is 11.1 Å². The molecule has 1 unspecified atom stereocenters. The van der Waals surface area contributed by atoms with E-state index >= 15 is 0 Å². The van der Waals surface area contributed by atoms with Gasteiger partial charge in [-0.3, -0.25) is 9.36 Å². The highest BCUT2D eigenvalue weighted by Crippen LogP contribution is 2.38. The summed E-state index contributed by atoms with van der Waals surface area (Å²) in [5, 5.41) is 6.80. The van der Waals surface area contributed by atoms with Gasteiger partial charge in [0, 0.05) is 45.1 Å². The zero-order valence-corrected chi connectivity index (χ0v) is 19.0. The number of nitrogens with zero attached hydrogens (tertiary/aromatic N) is 4. The van der Waals surface area contributed by atoms with Crippen LogP contribution >= 0.6 is 0 Å². The zero-order valence-electron chi connectivity index (χ0n) is 18.2. The van der Waals surface area contributed by atoms with Gasteiger partial charge in [0.15, 0.2) is 11.4 Å². The maximum Gasteiger partial charge on any atom is 0.419 e. The molecule has 5 rings (SSSR count). The Kier molecular flexibility index (Phi) is 5.57. The van der Waals surface area contributed by atoms with Gasteiger partial charge in [-0.05, 0) is 37.8 Å². The molecule has 1 saturated carbocycles. The number of aryl methyl sites for hydroxylation is 1. The maximum absolute atomic E-state index is 13.2. The molecule has 2 aliphatic rings. The molecule has 3 heterocycles. The Hall–Kier alpha value is -2.99. The van der Waals surface area contributed by atoms with Gasteiger partial charge in [-0.2, -0.15) is 9.29 Å². The molecule has 1 aromatic carbocycles. The molecule has 1 N–H and O–H groups in total. The van der Waals surface area contributed by atoms with Crippen LogP contribution < -0.4 is 11.1 Å². The van der Waals surface area contributed by atoms with Crippen LogP contribution in [0.4, 0.5) is 0 Å². The fourth-order valence-electron chi connectivity index (χ4n) is 4.11. The molecule has 0 radical (unpaired) electrons. The predicted octanol–water partition coefficient (Wildman–Crippen LogP) is 1.15. The molecule has 2 fully saturated rings. The van der Waals surface area contributed by atoms with Crippen LogP contribution in [0.1, 0.15) is 43.3 Å². The molecule has 11 nitrogen and oxygen atoms in total. The molecule has 0 spiro atoms. The van der Waals surface area contributed by atoms with Gasteiger partial charge in [-0.1, -0.05) is 5.16 Å². The first-order chi connectivity index (χ1) is 15.8. The third-order valence-corrected chi connectivity index (χ3v) is 8.08. The van der Waals surface area contributed by atoms with Crippen LogP contribution in [0, 0.1) is 5.92 Å². The monoisotopic (exact) mass is 475 g/mol. The summed E-state index contributed by atoms with van der Waals surface area (Å²) >= 11 is 0. The molecule has 1 aliphatic carbocycles. The minimum Gasteiger partial charge on any atom is -0.408 e. The highest BCUT2D eigenvalue weighted by Gasteiger charge is 2.34. The van der Waals surface area contributed by atoms with Gasteiger partial charge in [0.1, 0.15) is 0 Å². The van der Waals surface area contributed by atoms with Gasteiger partial charge in [0.25, 0.3) is 0 Å². The summed E-state index contributed by atoms with van der Waals surface area (Å²) in [7, 11) is -2.28. The largest absolute Gasteiger partial charge is 0.419 e. The molecule has 1 aliphatic heterocycles. The molecule has 176 valence electrons. The number of oxazole rings is 1. The summed E-state index contributed by atoms with van der Waals surface area (Å²) in [6, 6.07) is 4.36. The van der Waals surface area contributed by atoms with Crippen molar-refractivity contribution in [1.29, 1.82) is 0 Å². The van der Waals surface area contributed by atoms with E-state index in [0.29, 0.717) is 55.5 Å². The van der Waals surface area contributed by atoms with Crippen molar-refractivity contribution >= 4 is 27.0 Å². The minimum absolute atomic E-state index is 0.0361. The van der Waals surface area contributed by atoms with E-state index < -0.39 is 21.7 Å². The lowest BCUT2D eigenvalue weighted by Gasteiger charge is -2.31. The van der Waals surface area contributed by atoms with Crippen LogP contribution in [0.15, 0.2) is 36.8 Å². The van der Waals surface area contributed by atoms with Crippen molar-refractivity contribution in [3.8, 4) is 0 Å². The zero-order chi connectivity index (χ0) is 23.2. The van der Waals surface area contributed by atoms with Crippen LogP contribution in [-0.4, -0.2) is 53.0 Å². The van der Waals surface area contributed by atoms with E-state index in [1.54, 1.807) is 13.1 Å². The Bertz CT molecular complexity index is 1350. The number of sulfonamides is 1. The highest BCUT2D eigenvalue weighted by atomic mass is 32.2. The number of carbonyl (C=O) groups is 1. The first-order valence-electron chi connectivity index (χ1n) is 11.0. The van der Waals surface area contributed by atoms with Crippen LogP contribution in [-0.2, 0) is 28.3 Å². The van der Waals surface area contributed by atoms with Crippen LogP contribution in [0.5, 0.6) is 0 Å². The number of amides is 1. The van der Waals surface area contributed by atoms with Gasteiger partial charge in [0.2, 0.25) is 21.8 Å². The van der Waals surface area contributed by atoms with Gasteiger partial charge in [0.05, 0.1) is 16.3 Å². The lowest BCUT2D eigenvalue weighted by molar-refractivity contribution is -0.126. The molecule has 2 aromatic heterocycles. The lowest BCUT2D eigenvalue weighted by Crippen LogP contribution is -2.45. The van der Waals surface area contributed by atoms with E-state index in [0.717, 1.165) is 12.8 Å². The Labute approximate surface area is 189 Å². The Balaban J connectivity index is 1.21. The third kappa shape index (κ3) is 4.32. The van der Waals surface area contributed by atoms with Gasteiger partial charge < -0.3 is 14.3 Å². The lowest BCUT2D eigenvalue weighted by atomic mass is 9.99. The highest BCUT2D eigenvalue weighted by molar-refractivity contribution is 7.89. The van der Waals surface area contributed by atoms with E-state index in [2.05, 4.69) is 15.5 Å². The van der Waals surface area contributed by atoms with Crippen LogP contribution in [0.3, 0.4) is 0 Å². The van der Waals surface area contributed by atoms with Crippen molar-refractivity contribution in [2.24, 2.45) is 13.0 Å². The quantitative estimate of drug-likeness (QED) is 0.537. The normalized spacial score (nSPS) is 19.7. The Morgan fingerprint density at radius 1 is 1.27 bits per heavy atom. The summed E-state index contributed by atoms with van der Waals surface area (Å²) in [5.41, 5.74) is 0.724. The fourth-order valence-corrected chi connectivity index (χ4v) is 5.65. The number of carbonyl (C=O) groups excluding carboxylic acids is 1. The maximum atomic E-state index is 13.2. The number of aromatic nitrogens is 3. The van der Waals surface area contributed by atoms with Crippen molar-refractivity contribution in [3.63, 3.8) is 0 Å². The van der Waals surface area contributed by atoms with Gasteiger partial charge in [-0.25, -0.2) is 13.2 Å². The smallest absolute Gasteiger partial charge is 0.408 e. The second-order valence-corrected chi connectivity index (χ2v) is 10.6. The second kappa shape index (κ2) is 8.41. The SMILES string of the molecule is Cn1c(=O)oc2cc(S(=O)(=O)N3CCCC(C(=O)NCCc4noc(C5CC5)n4)C3)ccc21. The molecule has 0 bridgehead atoms. The number of fused-ring (bicyclic) bond motifs is 1.